The number of nitrogens with one attached hydrogen (secondary N) is 3. The number of aromatic nitrogens is 3. The fourth-order valence-corrected chi connectivity index (χ4v) is 3.41. The molecular weight excluding hydrogens is 364 g/mol. The predicted molar refractivity (Wildman–Crippen MR) is 106 cm³/mol. The minimum absolute atomic E-state index is 0.321. The first-order valence-corrected chi connectivity index (χ1v) is 9.61. The molecule has 2 aromatic heterocycles. The van der Waals surface area contributed by atoms with Crippen LogP contribution in [0.2, 0.25) is 0 Å². The van der Waals surface area contributed by atoms with Crippen molar-refractivity contribution in [3.05, 3.63) is 48.2 Å². The lowest BCUT2D eigenvalue weighted by molar-refractivity contribution is 0.0904. The van der Waals surface area contributed by atoms with Gasteiger partial charge in [0.1, 0.15) is 0 Å². The molecule has 140 valence electrons. The van der Waals surface area contributed by atoms with E-state index in [0.29, 0.717) is 11.7 Å². The van der Waals surface area contributed by atoms with Crippen LogP contribution in [0.25, 0.3) is 5.13 Å². The minimum atomic E-state index is -0.321. The summed E-state index contributed by atoms with van der Waals surface area (Å²) in [4.78, 5) is 16.4. The summed E-state index contributed by atoms with van der Waals surface area (Å²) >= 11 is 1.47. The number of benzene rings is 1. The van der Waals surface area contributed by atoms with Crippen molar-refractivity contribution in [1.82, 2.24) is 14.8 Å². The zero-order valence-corrected chi connectivity index (χ0v) is 15.4. The van der Waals surface area contributed by atoms with Gasteiger partial charge in [0, 0.05) is 42.2 Å². The van der Waals surface area contributed by atoms with Crippen LogP contribution >= 0.6 is 11.3 Å². The third kappa shape index (κ3) is 4.63. The van der Waals surface area contributed by atoms with Crippen molar-refractivity contribution in [2.75, 3.05) is 29.2 Å². The molecule has 0 unspecified atom stereocenters. The summed E-state index contributed by atoms with van der Waals surface area (Å²) < 4.78 is 6.99. The molecule has 8 nitrogen and oxygen atoms in total. The molecule has 1 fully saturated rings. The largest absolute Gasteiger partial charge is 0.382 e. The second kappa shape index (κ2) is 8.19. The minimum Gasteiger partial charge on any atom is -0.382 e. The molecule has 1 aliphatic heterocycles. The monoisotopic (exact) mass is 384 g/mol. The third-order valence-corrected chi connectivity index (χ3v) is 4.95. The quantitative estimate of drug-likeness (QED) is 0.625. The molecule has 3 N–H and O–H groups in total. The van der Waals surface area contributed by atoms with Crippen LogP contribution in [0.15, 0.2) is 48.2 Å². The van der Waals surface area contributed by atoms with Crippen LogP contribution in [0, 0.1) is 0 Å². The van der Waals surface area contributed by atoms with Gasteiger partial charge in [0.15, 0.2) is 0 Å². The van der Waals surface area contributed by atoms with Gasteiger partial charge in [0.05, 0.1) is 18.1 Å². The first kappa shape index (κ1) is 17.5. The highest BCUT2D eigenvalue weighted by molar-refractivity contribution is 7.12. The molecule has 2 amide bonds. The Labute approximate surface area is 160 Å². The number of thiazole rings is 1. The molecule has 0 bridgehead atoms. The highest BCUT2D eigenvalue weighted by atomic mass is 32.1. The van der Waals surface area contributed by atoms with Gasteiger partial charge in [-0.1, -0.05) is 0 Å². The fraction of sp³-hybridized carbons (Fsp3) is 0.278. The number of rotatable bonds is 5. The summed E-state index contributed by atoms with van der Waals surface area (Å²) in [6, 6.07) is 7.80. The van der Waals surface area contributed by atoms with E-state index in [1.807, 2.05) is 29.6 Å². The van der Waals surface area contributed by atoms with Crippen molar-refractivity contribution in [1.29, 1.82) is 0 Å². The van der Waals surface area contributed by atoms with E-state index in [2.05, 4.69) is 26.0 Å². The zero-order chi connectivity index (χ0) is 18.5. The lowest BCUT2D eigenvalue weighted by Gasteiger charge is -2.24. The molecule has 27 heavy (non-hydrogen) atoms. The maximum atomic E-state index is 12.2. The van der Waals surface area contributed by atoms with E-state index in [4.69, 9.17) is 4.74 Å². The van der Waals surface area contributed by atoms with Gasteiger partial charge in [-0.15, -0.1) is 11.3 Å². The van der Waals surface area contributed by atoms with E-state index >= 15 is 0 Å². The normalized spacial score (nSPS) is 14.7. The van der Waals surface area contributed by atoms with Gasteiger partial charge in [-0.3, -0.25) is 0 Å². The van der Waals surface area contributed by atoms with Gasteiger partial charge in [-0.2, -0.15) is 5.10 Å². The first-order valence-electron chi connectivity index (χ1n) is 8.73. The number of carbonyl (C=O) groups is 1. The van der Waals surface area contributed by atoms with E-state index < -0.39 is 0 Å². The summed E-state index contributed by atoms with van der Waals surface area (Å²) in [6.07, 6.45) is 7.04. The van der Waals surface area contributed by atoms with Crippen LogP contribution < -0.4 is 16.0 Å². The van der Waals surface area contributed by atoms with Gasteiger partial charge in [0.25, 0.3) is 0 Å². The second-order valence-corrected chi connectivity index (χ2v) is 7.05. The standard InChI is InChI=1S/C18H20N6O2S/c25-17(23-16-11-20-24(12-16)18-19-7-10-27-18)22-14-3-1-13(2-4-14)21-15-5-8-26-9-6-15/h1-4,7,10-12,15,21H,5-6,8-9H2,(H2,22,23,25). The molecule has 0 aliphatic carbocycles. The molecule has 0 atom stereocenters. The van der Waals surface area contributed by atoms with Crippen LogP contribution in [0.3, 0.4) is 0 Å². The summed E-state index contributed by atoms with van der Waals surface area (Å²) in [6.45, 7) is 1.60. The van der Waals surface area contributed by atoms with E-state index in [9.17, 15) is 4.79 Å². The molecule has 1 saturated heterocycles. The Balaban J connectivity index is 1.30. The Kier molecular flexibility index (Phi) is 5.31. The Morgan fingerprint density at radius 2 is 1.85 bits per heavy atom. The maximum absolute atomic E-state index is 12.2. The number of ether oxygens (including phenoxy) is 1. The first-order chi connectivity index (χ1) is 13.3. The van der Waals surface area contributed by atoms with Crippen LogP contribution in [0.5, 0.6) is 0 Å². The number of urea groups is 1. The molecule has 0 radical (unpaired) electrons. The van der Waals surface area contributed by atoms with Crippen molar-refractivity contribution in [2.24, 2.45) is 0 Å². The third-order valence-electron chi connectivity index (χ3n) is 4.19. The number of anilines is 3. The molecule has 3 aromatic rings. The summed E-state index contributed by atoms with van der Waals surface area (Å²) in [5, 5.41) is 15.9. The predicted octanol–water partition coefficient (Wildman–Crippen LogP) is 3.56. The van der Waals surface area contributed by atoms with Crippen molar-refractivity contribution in [3.63, 3.8) is 0 Å². The summed E-state index contributed by atoms with van der Waals surface area (Å²) in [5.41, 5.74) is 2.36. The van der Waals surface area contributed by atoms with Gasteiger partial charge < -0.3 is 20.7 Å². The number of hydrogen-bond donors (Lipinski definition) is 3. The highest BCUT2D eigenvalue weighted by Gasteiger charge is 2.13. The van der Waals surface area contributed by atoms with Gasteiger partial charge in [-0.05, 0) is 37.1 Å². The van der Waals surface area contributed by atoms with Gasteiger partial charge >= 0.3 is 6.03 Å². The Bertz CT molecular complexity index is 872. The lowest BCUT2D eigenvalue weighted by atomic mass is 10.1. The van der Waals surface area contributed by atoms with E-state index in [-0.39, 0.29) is 6.03 Å². The summed E-state index contributed by atoms with van der Waals surface area (Å²) in [7, 11) is 0. The van der Waals surface area contributed by atoms with Crippen molar-refractivity contribution in [2.45, 2.75) is 18.9 Å². The molecule has 4 rings (SSSR count). The topological polar surface area (TPSA) is 93.1 Å². The molecule has 0 saturated carbocycles. The maximum Gasteiger partial charge on any atom is 0.323 e. The highest BCUT2D eigenvalue weighted by Crippen LogP contribution is 2.18. The number of nitrogens with zero attached hydrogens (tertiary/aromatic N) is 3. The van der Waals surface area contributed by atoms with Crippen molar-refractivity contribution in [3.8, 4) is 5.13 Å². The number of hydrogen-bond acceptors (Lipinski definition) is 6. The molecule has 1 aliphatic rings. The van der Waals surface area contributed by atoms with Crippen molar-refractivity contribution < 1.29 is 9.53 Å². The SMILES string of the molecule is O=C(Nc1ccc(NC2CCOCC2)cc1)Nc1cnn(-c2nccs2)c1. The van der Waals surface area contributed by atoms with Gasteiger partial charge in [-0.25, -0.2) is 14.5 Å². The molecule has 9 heteroatoms. The van der Waals surface area contributed by atoms with E-state index in [1.165, 1.54) is 11.3 Å². The van der Waals surface area contributed by atoms with Crippen LogP contribution in [-0.4, -0.2) is 40.1 Å². The van der Waals surface area contributed by atoms with Crippen molar-refractivity contribution >= 4 is 34.4 Å². The summed E-state index contributed by atoms with van der Waals surface area (Å²) in [5.74, 6) is 0. The number of carbonyl (C=O) groups excluding carboxylic acids is 1. The molecule has 1 aromatic carbocycles. The van der Waals surface area contributed by atoms with Gasteiger partial charge in [0.2, 0.25) is 5.13 Å². The van der Waals surface area contributed by atoms with Crippen LogP contribution in [-0.2, 0) is 4.74 Å². The second-order valence-electron chi connectivity index (χ2n) is 6.18. The molecular formula is C18H20N6O2S. The Morgan fingerprint density at radius 3 is 2.59 bits per heavy atom. The van der Waals surface area contributed by atoms with E-state index in [0.717, 1.165) is 42.6 Å². The average molecular weight is 384 g/mol. The van der Waals surface area contributed by atoms with E-state index in [1.54, 1.807) is 23.3 Å². The molecule has 3 heterocycles. The molecule has 0 spiro atoms. The van der Waals surface area contributed by atoms with Crippen LogP contribution in [0.1, 0.15) is 12.8 Å². The smallest absolute Gasteiger partial charge is 0.323 e. The lowest BCUT2D eigenvalue weighted by Crippen LogP contribution is -2.27. The fourth-order valence-electron chi connectivity index (χ4n) is 2.84. The Morgan fingerprint density at radius 1 is 1.11 bits per heavy atom. The Hall–Kier alpha value is -2.91. The van der Waals surface area contributed by atoms with Crippen LogP contribution in [0.4, 0.5) is 21.9 Å². The zero-order valence-electron chi connectivity index (χ0n) is 14.6. The average Bonchev–Trinajstić information content (AvgIpc) is 3.36. The number of amides is 2.